The summed E-state index contributed by atoms with van der Waals surface area (Å²) in [6, 6.07) is 6.82. The van der Waals surface area contributed by atoms with Gasteiger partial charge in [-0.2, -0.15) is 5.10 Å². The van der Waals surface area contributed by atoms with Crippen molar-refractivity contribution in [3.8, 4) is 0 Å². The van der Waals surface area contributed by atoms with E-state index >= 15 is 0 Å². The number of aliphatic hydroxyl groups excluding tert-OH is 1. The van der Waals surface area contributed by atoms with Crippen molar-refractivity contribution in [2.24, 2.45) is 0 Å². The number of fused-ring (bicyclic) bond motifs is 1. The molecule has 1 aromatic carbocycles. The number of carbonyl (C=O) groups is 1. The van der Waals surface area contributed by atoms with Crippen LogP contribution in [0, 0.1) is 0 Å². The van der Waals surface area contributed by atoms with E-state index in [0.717, 1.165) is 0 Å². The van der Waals surface area contributed by atoms with Crippen molar-refractivity contribution in [2.75, 3.05) is 6.54 Å². The molecular weight excluding hydrogens is 258 g/mol. The highest BCUT2D eigenvalue weighted by Gasteiger charge is 2.13. The molecule has 1 heterocycles. The predicted octanol–water partition coefficient (Wildman–Crippen LogP) is 0.814. The number of aliphatic hydroxyl groups is 1. The van der Waals surface area contributed by atoms with E-state index in [1.54, 1.807) is 24.3 Å². The van der Waals surface area contributed by atoms with Crippen molar-refractivity contribution < 1.29 is 9.90 Å². The topological polar surface area (TPSA) is 95.1 Å². The van der Waals surface area contributed by atoms with Crippen LogP contribution in [0.2, 0.25) is 0 Å². The van der Waals surface area contributed by atoms with Gasteiger partial charge in [-0.15, -0.1) is 0 Å². The Hall–Kier alpha value is -2.21. The first kappa shape index (κ1) is 14.2. The number of amides is 1. The molecule has 6 nitrogen and oxygen atoms in total. The number of aromatic amines is 1. The second kappa shape index (κ2) is 6.29. The maximum Gasteiger partial charge on any atom is 0.272 e. The van der Waals surface area contributed by atoms with Crippen molar-refractivity contribution in [3.63, 3.8) is 0 Å². The quantitative estimate of drug-likeness (QED) is 0.752. The molecule has 1 amide bonds. The van der Waals surface area contributed by atoms with Crippen molar-refractivity contribution in [3.05, 3.63) is 40.3 Å². The summed E-state index contributed by atoms with van der Waals surface area (Å²) < 4.78 is 0. The number of benzene rings is 1. The van der Waals surface area contributed by atoms with Gasteiger partial charge in [-0.25, -0.2) is 5.10 Å². The summed E-state index contributed by atoms with van der Waals surface area (Å²) in [5.74, 6) is -0.360. The number of aromatic nitrogens is 2. The Balaban J connectivity index is 2.19. The summed E-state index contributed by atoms with van der Waals surface area (Å²) in [5.41, 5.74) is -0.134. The minimum absolute atomic E-state index is 0.186. The van der Waals surface area contributed by atoms with Crippen molar-refractivity contribution in [1.29, 1.82) is 0 Å². The Morgan fingerprint density at radius 3 is 2.80 bits per heavy atom. The fourth-order valence-electron chi connectivity index (χ4n) is 1.93. The highest BCUT2D eigenvalue weighted by atomic mass is 16.3. The summed E-state index contributed by atoms with van der Waals surface area (Å²) in [6.45, 7) is 2.24. The van der Waals surface area contributed by atoms with Gasteiger partial charge in [-0.3, -0.25) is 9.59 Å². The van der Waals surface area contributed by atoms with Crippen LogP contribution in [-0.2, 0) is 0 Å². The Labute approximate surface area is 115 Å². The monoisotopic (exact) mass is 275 g/mol. The third-order valence-corrected chi connectivity index (χ3v) is 3.15. The SMILES string of the molecule is CCC(O)CCNC(=O)c1n[nH]c(=O)c2ccccc12. The van der Waals surface area contributed by atoms with Crippen LogP contribution in [0.5, 0.6) is 0 Å². The molecule has 1 aromatic heterocycles. The van der Waals surface area contributed by atoms with E-state index < -0.39 is 6.10 Å². The standard InChI is InChI=1S/C14H17N3O3/c1-2-9(18)7-8-15-14(20)12-10-5-3-4-6-11(10)13(19)17-16-12/h3-6,9,18H,2,7-8H2,1H3,(H,15,20)(H,17,19). The molecule has 0 fully saturated rings. The van der Waals surface area contributed by atoms with Crippen LogP contribution in [0.1, 0.15) is 30.3 Å². The summed E-state index contributed by atoms with van der Waals surface area (Å²) in [5, 5.41) is 19.2. The van der Waals surface area contributed by atoms with Crippen LogP contribution >= 0.6 is 0 Å². The largest absolute Gasteiger partial charge is 0.393 e. The molecule has 3 N–H and O–H groups in total. The maximum atomic E-state index is 12.1. The molecule has 0 spiro atoms. The molecule has 1 unspecified atom stereocenters. The second-order valence-corrected chi connectivity index (χ2v) is 4.55. The highest BCUT2D eigenvalue weighted by Crippen LogP contribution is 2.12. The van der Waals surface area contributed by atoms with Gasteiger partial charge in [0.1, 0.15) is 0 Å². The minimum Gasteiger partial charge on any atom is -0.393 e. The molecule has 6 heteroatoms. The first-order valence-electron chi connectivity index (χ1n) is 6.57. The van der Waals surface area contributed by atoms with E-state index in [0.29, 0.717) is 30.2 Å². The van der Waals surface area contributed by atoms with E-state index in [1.807, 2.05) is 6.92 Å². The van der Waals surface area contributed by atoms with Crippen molar-refractivity contribution in [2.45, 2.75) is 25.9 Å². The van der Waals surface area contributed by atoms with Gasteiger partial charge in [0.2, 0.25) is 0 Å². The number of hydrogen-bond acceptors (Lipinski definition) is 4. The molecule has 0 saturated carbocycles. The van der Waals surface area contributed by atoms with Gasteiger partial charge in [0.25, 0.3) is 11.5 Å². The molecule has 0 aliphatic carbocycles. The molecule has 106 valence electrons. The molecule has 0 aliphatic rings. The zero-order valence-corrected chi connectivity index (χ0v) is 11.2. The molecular formula is C14H17N3O3. The number of hydrogen-bond donors (Lipinski definition) is 3. The Morgan fingerprint density at radius 1 is 1.40 bits per heavy atom. The average Bonchev–Trinajstić information content (AvgIpc) is 2.47. The summed E-state index contributed by atoms with van der Waals surface area (Å²) in [7, 11) is 0. The lowest BCUT2D eigenvalue weighted by molar-refractivity contribution is 0.0938. The third kappa shape index (κ3) is 3.03. The Morgan fingerprint density at radius 2 is 2.10 bits per heavy atom. The second-order valence-electron chi connectivity index (χ2n) is 4.55. The smallest absolute Gasteiger partial charge is 0.272 e. The summed E-state index contributed by atoms with van der Waals surface area (Å²) >= 11 is 0. The molecule has 2 rings (SSSR count). The molecule has 0 bridgehead atoms. The van der Waals surface area contributed by atoms with Gasteiger partial charge in [0, 0.05) is 11.9 Å². The highest BCUT2D eigenvalue weighted by molar-refractivity contribution is 6.04. The normalized spacial score (nSPS) is 12.3. The fourth-order valence-corrected chi connectivity index (χ4v) is 1.93. The lowest BCUT2D eigenvalue weighted by Crippen LogP contribution is -2.29. The van der Waals surface area contributed by atoms with Crippen LogP contribution in [0.25, 0.3) is 10.8 Å². The van der Waals surface area contributed by atoms with Gasteiger partial charge in [-0.1, -0.05) is 25.1 Å². The molecule has 0 saturated heterocycles. The van der Waals surface area contributed by atoms with Crippen LogP contribution in [0.4, 0.5) is 0 Å². The fraction of sp³-hybridized carbons (Fsp3) is 0.357. The van der Waals surface area contributed by atoms with Gasteiger partial charge in [0.05, 0.1) is 11.5 Å². The van der Waals surface area contributed by atoms with Gasteiger partial charge in [0.15, 0.2) is 5.69 Å². The first-order chi connectivity index (χ1) is 9.63. The number of H-pyrrole nitrogens is 1. The molecule has 1 atom stereocenters. The Bertz CT molecular complexity index is 666. The maximum absolute atomic E-state index is 12.1. The lowest BCUT2D eigenvalue weighted by atomic mass is 10.1. The van der Waals surface area contributed by atoms with Crippen LogP contribution in [0.3, 0.4) is 0 Å². The van der Waals surface area contributed by atoms with Gasteiger partial charge < -0.3 is 10.4 Å². The van der Waals surface area contributed by atoms with Crippen molar-refractivity contribution in [1.82, 2.24) is 15.5 Å². The predicted molar refractivity (Wildman–Crippen MR) is 75.6 cm³/mol. The minimum atomic E-state index is -0.421. The average molecular weight is 275 g/mol. The van der Waals surface area contributed by atoms with E-state index in [1.165, 1.54) is 0 Å². The zero-order chi connectivity index (χ0) is 14.5. The molecule has 0 aliphatic heterocycles. The zero-order valence-electron chi connectivity index (χ0n) is 11.2. The number of nitrogens with one attached hydrogen (secondary N) is 2. The summed E-state index contributed by atoms with van der Waals surface area (Å²) in [6.07, 6.45) is 0.717. The van der Waals surface area contributed by atoms with E-state index in [9.17, 15) is 14.7 Å². The van der Waals surface area contributed by atoms with Crippen LogP contribution < -0.4 is 10.9 Å². The molecule has 2 aromatic rings. The van der Waals surface area contributed by atoms with Gasteiger partial charge >= 0.3 is 0 Å². The molecule has 20 heavy (non-hydrogen) atoms. The number of carbonyl (C=O) groups excluding carboxylic acids is 1. The van der Waals surface area contributed by atoms with Crippen LogP contribution in [0.15, 0.2) is 29.1 Å². The first-order valence-corrected chi connectivity index (χ1v) is 6.57. The molecule has 0 radical (unpaired) electrons. The van der Waals surface area contributed by atoms with Crippen molar-refractivity contribution >= 4 is 16.7 Å². The third-order valence-electron chi connectivity index (χ3n) is 3.15. The summed E-state index contributed by atoms with van der Waals surface area (Å²) in [4.78, 5) is 23.7. The number of rotatable bonds is 5. The van der Waals surface area contributed by atoms with E-state index in [2.05, 4.69) is 15.5 Å². The van der Waals surface area contributed by atoms with Crippen LogP contribution in [-0.4, -0.2) is 33.9 Å². The Kier molecular flexibility index (Phi) is 4.47. The number of nitrogens with zero attached hydrogens (tertiary/aromatic N) is 1. The van der Waals surface area contributed by atoms with E-state index in [-0.39, 0.29) is 17.2 Å². The van der Waals surface area contributed by atoms with E-state index in [4.69, 9.17) is 0 Å². The van der Waals surface area contributed by atoms with Gasteiger partial charge in [-0.05, 0) is 18.9 Å². The lowest BCUT2D eigenvalue weighted by Gasteiger charge is -2.09.